The van der Waals surface area contributed by atoms with E-state index in [-0.39, 0.29) is 23.6 Å². The molecule has 1 fully saturated rings. The predicted molar refractivity (Wildman–Crippen MR) is 71.3 cm³/mol. The first-order chi connectivity index (χ1) is 9.64. The summed E-state index contributed by atoms with van der Waals surface area (Å²) >= 11 is 1.07. The highest BCUT2D eigenvalue weighted by molar-refractivity contribution is 8.01. The largest absolute Gasteiger partial charge is 0.477 e. The quantitative estimate of drug-likeness (QED) is 0.464. The number of fused-ring (bicyclic) bond motifs is 1. The van der Waals surface area contributed by atoms with Gasteiger partial charge in [-0.25, -0.2) is 18.4 Å². The monoisotopic (exact) mass is 336 g/mol. The number of carboxylic acid groups (broad SMARTS) is 1. The van der Waals surface area contributed by atoms with E-state index in [1.165, 1.54) is 6.92 Å². The highest BCUT2D eigenvalue weighted by Crippen LogP contribution is 2.42. The van der Waals surface area contributed by atoms with Crippen LogP contribution in [0, 0.1) is 0 Å². The minimum absolute atomic E-state index is 0.134. The average Bonchev–Trinajstić information content (AvgIpc) is 2.33. The number of hydrogen-bond acceptors (Lipinski definition) is 7. The number of sulfonamides is 1. The molecule has 21 heavy (non-hydrogen) atoms. The van der Waals surface area contributed by atoms with Crippen LogP contribution in [0.1, 0.15) is 6.92 Å². The Kier molecular flexibility index (Phi) is 4.00. The lowest BCUT2D eigenvalue weighted by Gasteiger charge is -2.48. The lowest BCUT2D eigenvalue weighted by molar-refractivity contribution is -0.146. The van der Waals surface area contributed by atoms with Crippen molar-refractivity contribution < 1.29 is 32.6 Å². The third-order valence-electron chi connectivity index (χ3n) is 3.00. The summed E-state index contributed by atoms with van der Waals surface area (Å²) in [5, 5.41) is 11.9. The SMILES string of the molecule is CC(=O)OCC1=C(C(=O)O)N2C(=O)[C@@H](S(N)(=O)=O)[C@H]2SC1. The number of nitrogens with zero attached hydrogens (tertiary/aromatic N) is 1. The number of carbonyl (C=O) groups is 3. The topological polar surface area (TPSA) is 144 Å². The molecule has 2 heterocycles. The van der Waals surface area contributed by atoms with Gasteiger partial charge in [0.2, 0.25) is 10.0 Å². The van der Waals surface area contributed by atoms with E-state index >= 15 is 0 Å². The number of primary sulfonamides is 1. The third kappa shape index (κ3) is 2.76. The van der Waals surface area contributed by atoms with Crippen molar-refractivity contribution in [1.29, 1.82) is 0 Å². The van der Waals surface area contributed by atoms with Gasteiger partial charge in [0.15, 0.2) is 5.25 Å². The maximum atomic E-state index is 11.9. The van der Waals surface area contributed by atoms with Crippen LogP contribution in [0.25, 0.3) is 0 Å². The summed E-state index contributed by atoms with van der Waals surface area (Å²) in [7, 11) is -4.09. The Morgan fingerprint density at radius 3 is 2.62 bits per heavy atom. The molecular weight excluding hydrogens is 324 g/mol. The van der Waals surface area contributed by atoms with Gasteiger partial charge in [-0.3, -0.25) is 14.5 Å². The standard InChI is InChI=1S/C10H12N2O7S2/c1-4(13)19-2-5-3-20-9-7(21(11,17)18)8(14)12(9)6(5)10(15)16/h7,9H,2-3H2,1H3,(H,15,16)(H2,11,17,18)/t7-,9-/m1/s1. The summed E-state index contributed by atoms with van der Waals surface area (Å²) in [6, 6.07) is 0. The van der Waals surface area contributed by atoms with Crippen molar-refractivity contribution in [1.82, 2.24) is 4.90 Å². The van der Waals surface area contributed by atoms with Crippen LogP contribution < -0.4 is 5.14 Å². The maximum Gasteiger partial charge on any atom is 0.352 e. The van der Waals surface area contributed by atoms with Gasteiger partial charge in [0, 0.05) is 18.2 Å². The zero-order valence-electron chi connectivity index (χ0n) is 10.8. The molecule has 2 aliphatic heterocycles. The molecule has 0 saturated carbocycles. The Balaban J connectivity index is 2.33. The van der Waals surface area contributed by atoms with E-state index in [1.54, 1.807) is 0 Å². The van der Waals surface area contributed by atoms with Crippen LogP contribution in [0.4, 0.5) is 0 Å². The molecule has 9 nitrogen and oxygen atoms in total. The van der Waals surface area contributed by atoms with Crippen LogP contribution >= 0.6 is 11.8 Å². The van der Waals surface area contributed by atoms with Gasteiger partial charge in [0.05, 0.1) is 0 Å². The highest BCUT2D eigenvalue weighted by atomic mass is 32.2. The summed E-state index contributed by atoms with van der Waals surface area (Å²) in [5.74, 6) is -2.72. The number of β-lactam (4-membered cyclic amide) rings is 1. The fourth-order valence-corrected chi connectivity index (χ4v) is 4.90. The molecule has 0 aromatic heterocycles. The molecule has 0 radical (unpaired) electrons. The summed E-state index contributed by atoms with van der Waals surface area (Å²) in [5.41, 5.74) is -0.106. The van der Waals surface area contributed by atoms with Crippen LogP contribution in [0.15, 0.2) is 11.3 Å². The molecule has 0 aromatic rings. The van der Waals surface area contributed by atoms with Crippen molar-refractivity contribution in [3.63, 3.8) is 0 Å². The molecule has 0 aliphatic carbocycles. The summed E-state index contributed by atoms with van der Waals surface area (Å²) in [6.07, 6.45) is 0. The Labute approximate surface area is 124 Å². The Hall–Kier alpha value is -1.59. The number of hydrogen-bond donors (Lipinski definition) is 2. The van der Waals surface area contributed by atoms with Gasteiger partial charge in [-0.1, -0.05) is 0 Å². The van der Waals surface area contributed by atoms with Crippen LogP contribution in [-0.2, 0) is 29.1 Å². The van der Waals surface area contributed by atoms with Crippen LogP contribution in [0.2, 0.25) is 0 Å². The Morgan fingerprint density at radius 2 is 2.14 bits per heavy atom. The number of nitrogens with two attached hydrogens (primary N) is 1. The number of amides is 1. The molecule has 2 rings (SSSR count). The fourth-order valence-electron chi connectivity index (χ4n) is 2.12. The van der Waals surface area contributed by atoms with Crippen molar-refractivity contribution in [3.05, 3.63) is 11.3 Å². The molecule has 1 amide bonds. The first-order valence-corrected chi connectivity index (χ1v) is 8.35. The van der Waals surface area contributed by atoms with Gasteiger partial charge >= 0.3 is 11.9 Å². The second-order valence-electron chi connectivity index (χ2n) is 4.46. The zero-order valence-corrected chi connectivity index (χ0v) is 12.4. The van der Waals surface area contributed by atoms with Gasteiger partial charge in [0.25, 0.3) is 5.91 Å². The number of carboxylic acids is 1. The normalized spacial score (nSPS) is 25.2. The second kappa shape index (κ2) is 5.31. The number of carbonyl (C=O) groups excluding carboxylic acids is 2. The second-order valence-corrected chi connectivity index (χ2v) is 7.25. The number of rotatable bonds is 4. The van der Waals surface area contributed by atoms with Gasteiger partial charge in [-0.05, 0) is 0 Å². The van der Waals surface area contributed by atoms with Gasteiger partial charge in [0.1, 0.15) is 17.7 Å². The number of thioether (sulfide) groups is 1. The predicted octanol–water partition coefficient (Wildman–Crippen LogP) is -1.54. The van der Waals surface area contributed by atoms with Gasteiger partial charge in [-0.2, -0.15) is 0 Å². The van der Waals surface area contributed by atoms with E-state index in [0.717, 1.165) is 16.7 Å². The molecular formula is C10H12N2O7S2. The van der Waals surface area contributed by atoms with Gasteiger partial charge < -0.3 is 9.84 Å². The number of aliphatic carboxylic acids is 1. The molecule has 0 spiro atoms. The number of esters is 1. The van der Waals surface area contributed by atoms with Crippen LogP contribution in [0.5, 0.6) is 0 Å². The molecule has 2 atom stereocenters. The lowest BCUT2D eigenvalue weighted by Crippen LogP contribution is -2.68. The maximum absolute atomic E-state index is 11.9. The summed E-state index contributed by atoms with van der Waals surface area (Å²) in [4.78, 5) is 34.9. The summed E-state index contributed by atoms with van der Waals surface area (Å²) in [6.45, 7) is 0.909. The van der Waals surface area contributed by atoms with Crippen molar-refractivity contribution in [2.75, 3.05) is 12.4 Å². The molecule has 0 bridgehead atoms. The fraction of sp³-hybridized carbons (Fsp3) is 0.500. The van der Waals surface area contributed by atoms with Crippen molar-refractivity contribution >= 4 is 39.6 Å². The number of ether oxygens (including phenoxy) is 1. The minimum Gasteiger partial charge on any atom is -0.477 e. The molecule has 0 unspecified atom stereocenters. The molecule has 2 aliphatic rings. The molecule has 1 saturated heterocycles. The first kappa shape index (κ1) is 15.8. The summed E-state index contributed by atoms with van der Waals surface area (Å²) < 4.78 is 27.4. The van der Waals surface area contributed by atoms with E-state index in [2.05, 4.69) is 0 Å². The van der Waals surface area contributed by atoms with Crippen molar-refractivity contribution in [2.45, 2.75) is 17.5 Å². The van der Waals surface area contributed by atoms with Crippen LogP contribution in [-0.4, -0.2) is 59.3 Å². The van der Waals surface area contributed by atoms with Crippen LogP contribution in [0.3, 0.4) is 0 Å². The van der Waals surface area contributed by atoms with E-state index in [1.807, 2.05) is 0 Å². The molecule has 3 N–H and O–H groups in total. The molecule has 0 aromatic carbocycles. The van der Waals surface area contributed by atoms with E-state index in [0.29, 0.717) is 0 Å². The van der Waals surface area contributed by atoms with E-state index in [4.69, 9.17) is 9.88 Å². The first-order valence-electron chi connectivity index (χ1n) is 5.69. The molecule has 11 heteroatoms. The van der Waals surface area contributed by atoms with Crippen molar-refractivity contribution in [3.8, 4) is 0 Å². The zero-order chi connectivity index (χ0) is 15.9. The third-order valence-corrected chi connectivity index (χ3v) is 5.68. The van der Waals surface area contributed by atoms with Crippen molar-refractivity contribution in [2.24, 2.45) is 5.14 Å². The Morgan fingerprint density at radius 1 is 1.52 bits per heavy atom. The lowest BCUT2D eigenvalue weighted by atomic mass is 10.1. The van der Waals surface area contributed by atoms with E-state index < -0.39 is 38.5 Å². The van der Waals surface area contributed by atoms with E-state index in [9.17, 15) is 27.9 Å². The minimum atomic E-state index is -4.09. The molecule has 116 valence electrons. The average molecular weight is 336 g/mol. The Bertz CT molecular complexity index is 654. The smallest absolute Gasteiger partial charge is 0.352 e. The highest BCUT2D eigenvalue weighted by Gasteiger charge is 2.58. The van der Waals surface area contributed by atoms with Gasteiger partial charge in [-0.15, -0.1) is 11.8 Å².